The lowest BCUT2D eigenvalue weighted by Crippen LogP contribution is -2.02. The van der Waals surface area contributed by atoms with Gasteiger partial charge in [-0.1, -0.05) is 38.1 Å². The van der Waals surface area contributed by atoms with E-state index in [2.05, 4.69) is 61.9 Å². The average molecular weight is 266 g/mol. The minimum absolute atomic E-state index is 0.428. The Morgan fingerprint density at radius 1 is 1.00 bits per heavy atom. The Labute approximate surface area is 121 Å². The number of rotatable bonds is 3. The predicted octanol–water partition coefficient (Wildman–Crippen LogP) is 4.37. The molecule has 2 aromatic rings. The third-order valence-corrected chi connectivity index (χ3v) is 4.61. The Hall–Kier alpha value is -1.70. The van der Waals surface area contributed by atoms with Gasteiger partial charge < -0.3 is 0 Å². The summed E-state index contributed by atoms with van der Waals surface area (Å²) in [7, 11) is 0. The van der Waals surface area contributed by atoms with Gasteiger partial charge in [-0.3, -0.25) is 0 Å². The minimum Gasteiger partial charge on any atom is -0.233 e. The van der Waals surface area contributed by atoms with Crippen molar-refractivity contribution in [3.63, 3.8) is 0 Å². The summed E-state index contributed by atoms with van der Waals surface area (Å²) >= 11 is 0. The topological polar surface area (TPSA) is 25.8 Å². The maximum atomic E-state index is 4.67. The highest BCUT2D eigenvalue weighted by atomic mass is 14.9. The molecule has 1 saturated carbocycles. The summed E-state index contributed by atoms with van der Waals surface area (Å²) in [5, 5.41) is 0. The molecule has 0 radical (unpaired) electrons. The van der Waals surface area contributed by atoms with Crippen LogP contribution in [0, 0.1) is 13.8 Å². The van der Waals surface area contributed by atoms with Crippen molar-refractivity contribution in [3.05, 3.63) is 46.8 Å². The molecule has 104 valence electrons. The SMILES string of the molecule is CCc1c(C)nc(-c2ccc(C3(C)CC3)cc2)nc1C. The fourth-order valence-corrected chi connectivity index (χ4v) is 2.88. The number of aryl methyl sites for hydroxylation is 2. The first-order chi connectivity index (χ1) is 9.53. The lowest BCUT2D eigenvalue weighted by molar-refractivity contribution is 0.788. The largest absolute Gasteiger partial charge is 0.233 e. The van der Waals surface area contributed by atoms with E-state index in [0.29, 0.717) is 5.41 Å². The van der Waals surface area contributed by atoms with Crippen LogP contribution in [0.5, 0.6) is 0 Å². The molecule has 0 amide bonds. The van der Waals surface area contributed by atoms with E-state index < -0.39 is 0 Å². The van der Waals surface area contributed by atoms with Crippen LogP contribution in [0.25, 0.3) is 11.4 Å². The second-order valence-electron chi connectivity index (χ2n) is 6.19. The highest BCUT2D eigenvalue weighted by molar-refractivity contribution is 5.57. The van der Waals surface area contributed by atoms with Crippen molar-refractivity contribution in [2.75, 3.05) is 0 Å². The van der Waals surface area contributed by atoms with E-state index in [1.165, 1.54) is 24.0 Å². The molecular formula is C18H22N2. The standard InChI is InChI=1S/C18H22N2/c1-5-16-12(2)19-17(20-13(16)3)14-6-8-15(9-7-14)18(4)10-11-18/h6-9H,5,10-11H2,1-4H3. The van der Waals surface area contributed by atoms with Crippen LogP contribution in [0.1, 0.15) is 49.2 Å². The smallest absolute Gasteiger partial charge is 0.159 e. The van der Waals surface area contributed by atoms with Gasteiger partial charge in [-0.05, 0) is 49.7 Å². The van der Waals surface area contributed by atoms with E-state index in [-0.39, 0.29) is 0 Å². The molecular weight excluding hydrogens is 244 g/mol. The number of benzene rings is 1. The molecule has 0 spiro atoms. The van der Waals surface area contributed by atoms with Gasteiger partial charge >= 0.3 is 0 Å². The Morgan fingerprint density at radius 2 is 1.55 bits per heavy atom. The zero-order chi connectivity index (χ0) is 14.3. The van der Waals surface area contributed by atoms with Crippen molar-refractivity contribution in [1.29, 1.82) is 0 Å². The maximum Gasteiger partial charge on any atom is 0.159 e. The molecule has 3 rings (SSSR count). The normalized spacial score (nSPS) is 16.2. The van der Waals surface area contributed by atoms with Crippen LogP contribution in [0.3, 0.4) is 0 Å². The predicted molar refractivity (Wildman–Crippen MR) is 82.9 cm³/mol. The van der Waals surface area contributed by atoms with Crippen molar-refractivity contribution in [2.45, 2.75) is 52.4 Å². The molecule has 1 aliphatic carbocycles. The summed E-state index contributed by atoms with van der Waals surface area (Å²) in [6.07, 6.45) is 3.62. The quantitative estimate of drug-likeness (QED) is 0.824. The molecule has 2 heteroatoms. The Morgan fingerprint density at radius 3 is 2.00 bits per heavy atom. The van der Waals surface area contributed by atoms with Gasteiger partial charge in [-0.25, -0.2) is 9.97 Å². The fourth-order valence-electron chi connectivity index (χ4n) is 2.88. The van der Waals surface area contributed by atoms with Crippen molar-refractivity contribution < 1.29 is 0 Å². The molecule has 0 saturated heterocycles. The van der Waals surface area contributed by atoms with Crippen LogP contribution in [0.15, 0.2) is 24.3 Å². The van der Waals surface area contributed by atoms with Gasteiger partial charge in [0.25, 0.3) is 0 Å². The molecule has 0 bridgehead atoms. The Bertz CT molecular complexity index is 614. The van der Waals surface area contributed by atoms with Gasteiger partial charge in [0, 0.05) is 17.0 Å². The first-order valence-corrected chi connectivity index (χ1v) is 7.48. The maximum absolute atomic E-state index is 4.67. The van der Waals surface area contributed by atoms with Crippen LogP contribution in [-0.4, -0.2) is 9.97 Å². The number of hydrogen-bond acceptors (Lipinski definition) is 2. The molecule has 1 aromatic heterocycles. The monoisotopic (exact) mass is 266 g/mol. The lowest BCUT2D eigenvalue weighted by Gasteiger charge is -2.11. The molecule has 1 aromatic carbocycles. The lowest BCUT2D eigenvalue weighted by atomic mass is 9.97. The highest BCUT2D eigenvalue weighted by Crippen LogP contribution is 2.47. The third-order valence-electron chi connectivity index (χ3n) is 4.61. The van der Waals surface area contributed by atoms with Crippen LogP contribution >= 0.6 is 0 Å². The van der Waals surface area contributed by atoms with E-state index in [9.17, 15) is 0 Å². The second kappa shape index (κ2) is 4.69. The minimum atomic E-state index is 0.428. The van der Waals surface area contributed by atoms with Crippen LogP contribution < -0.4 is 0 Å². The van der Waals surface area contributed by atoms with Crippen molar-refractivity contribution in [3.8, 4) is 11.4 Å². The van der Waals surface area contributed by atoms with E-state index >= 15 is 0 Å². The fraction of sp³-hybridized carbons (Fsp3) is 0.444. The van der Waals surface area contributed by atoms with E-state index in [1.807, 2.05) is 0 Å². The van der Waals surface area contributed by atoms with Crippen LogP contribution in [-0.2, 0) is 11.8 Å². The summed E-state index contributed by atoms with van der Waals surface area (Å²) in [6, 6.07) is 8.81. The average Bonchev–Trinajstić information content (AvgIpc) is 3.18. The molecule has 20 heavy (non-hydrogen) atoms. The van der Waals surface area contributed by atoms with E-state index in [4.69, 9.17) is 0 Å². The second-order valence-corrected chi connectivity index (χ2v) is 6.19. The van der Waals surface area contributed by atoms with Crippen molar-refractivity contribution in [2.24, 2.45) is 0 Å². The highest BCUT2D eigenvalue weighted by Gasteiger charge is 2.38. The van der Waals surface area contributed by atoms with Gasteiger partial charge in [-0.2, -0.15) is 0 Å². The van der Waals surface area contributed by atoms with Gasteiger partial charge in [0.2, 0.25) is 0 Å². The summed E-state index contributed by atoms with van der Waals surface area (Å²) in [5.74, 6) is 0.852. The van der Waals surface area contributed by atoms with Gasteiger partial charge in [0.15, 0.2) is 5.82 Å². The molecule has 0 aliphatic heterocycles. The number of hydrogen-bond donors (Lipinski definition) is 0. The van der Waals surface area contributed by atoms with Crippen molar-refractivity contribution >= 4 is 0 Å². The Kier molecular flexibility index (Phi) is 3.12. The van der Waals surface area contributed by atoms with Crippen LogP contribution in [0.2, 0.25) is 0 Å². The summed E-state index contributed by atoms with van der Waals surface area (Å²) in [6.45, 7) is 8.65. The van der Waals surface area contributed by atoms with Gasteiger partial charge in [-0.15, -0.1) is 0 Å². The molecule has 0 atom stereocenters. The van der Waals surface area contributed by atoms with E-state index in [0.717, 1.165) is 29.2 Å². The summed E-state index contributed by atoms with van der Waals surface area (Å²) < 4.78 is 0. The molecule has 2 nitrogen and oxygen atoms in total. The zero-order valence-corrected chi connectivity index (χ0v) is 12.8. The molecule has 0 unspecified atom stereocenters. The first-order valence-electron chi connectivity index (χ1n) is 7.48. The molecule has 1 aliphatic rings. The van der Waals surface area contributed by atoms with E-state index in [1.54, 1.807) is 0 Å². The third kappa shape index (κ3) is 2.24. The summed E-state index contributed by atoms with van der Waals surface area (Å²) in [4.78, 5) is 9.34. The van der Waals surface area contributed by atoms with Gasteiger partial charge in [0.05, 0.1) is 0 Å². The van der Waals surface area contributed by atoms with Crippen LogP contribution in [0.4, 0.5) is 0 Å². The number of nitrogens with zero attached hydrogens (tertiary/aromatic N) is 2. The number of aromatic nitrogens is 2. The Balaban J connectivity index is 1.97. The molecule has 1 fully saturated rings. The molecule has 0 N–H and O–H groups in total. The van der Waals surface area contributed by atoms with Gasteiger partial charge in [0.1, 0.15) is 0 Å². The molecule has 1 heterocycles. The summed E-state index contributed by atoms with van der Waals surface area (Å²) in [5.41, 5.74) is 6.47. The zero-order valence-electron chi connectivity index (χ0n) is 12.8. The van der Waals surface area contributed by atoms with Crippen molar-refractivity contribution in [1.82, 2.24) is 9.97 Å². The first kappa shape index (κ1) is 13.3.